The van der Waals surface area contributed by atoms with Crippen LogP contribution < -0.4 is 5.32 Å². The minimum absolute atomic E-state index is 0.0496. The second kappa shape index (κ2) is 6.70. The minimum Gasteiger partial charge on any atom is -0.426 e. The van der Waals surface area contributed by atoms with Crippen LogP contribution in [0.3, 0.4) is 0 Å². The fraction of sp³-hybridized carbons (Fsp3) is 0.733. The molecule has 2 amide bonds. The molecule has 2 aliphatic heterocycles. The van der Waals surface area contributed by atoms with E-state index in [2.05, 4.69) is 15.5 Å². The lowest BCUT2D eigenvalue weighted by atomic mass is 9.84. The zero-order valence-electron chi connectivity index (χ0n) is 14.3. The van der Waals surface area contributed by atoms with Gasteiger partial charge in [-0.25, -0.2) is 0 Å². The van der Waals surface area contributed by atoms with Crippen molar-refractivity contribution in [3.63, 3.8) is 0 Å². The normalized spacial score (nSPS) is 28.6. The Balaban J connectivity index is 1.58. The number of carbonyl (C=O) groups excluding carboxylic acids is 2. The third kappa shape index (κ3) is 3.12. The van der Waals surface area contributed by atoms with Gasteiger partial charge >= 0.3 is 0 Å². The molecule has 3 N–H and O–H groups in total. The summed E-state index contributed by atoms with van der Waals surface area (Å²) in [5, 5.41) is 30.2. The first-order valence-electron chi connectivity index (χ1n) is 8.29. The van der Waals surface area contributed by atoms with Gasteiger partial charge in [-0.2, -0.15) is 0 Å². The lowest BCUT2D eigenvalue weighted by Crippen LogP contribution is -2.75. The molecule has 1 aromatic heterocycles. The maximum Gasteiger partial charge on any atom is 0.241 e. The van der Waals surface area contributed by atoms with Gasteiger partial charge in [0.25, 0.3) is 0 Å². The van der Waals surface area contributed by atoms with Gasteiger partial charge in [-0.05, 0) is 19.8 Å². The monoisotopic (exact) mass is 353 g/mol. The Kier molecular flexibility index (Phi) is 4.76. The van der Waals surface area contributed by atoms with Crippen molar-refractivity contribution in [3.05, 3.63) is 12.3 Å². The number of nitrogens with one attached hydrogen (secondary N) is 1. The Bertz CT molecular complexity index is 636. The number of hydrogen-bond donors (Lipinski definition) is 3. The molecule has 2 fully saturated rings. The molecule has 10 heteroatoms. The molecule has 0 saturated carbocycles. The van der Waals surface area contributed by atoms with Crippen molar-refractivity contribution in [2.24, 2.45) is 0 Å². The van der Waals surface area contributed by atoms with E-state index in [4.69, 9.17) is 4.42 Å². The third-order valence-corrected chi connectivity index (χ3v) is 5.00. The molecule has 0 aromatic carbocycles. The fourth-order valence-corrected chi connectivity index (χ4v) is 3.80. The van der Waals surface area contributed by atoms with Crippen molar-refractivity contribution in [3.8, 4) is 0 Å². The van der Waals surface area contributed by atoms with Crippen LogP contribution in [0.1, 0.15) is 38.6 Å². The van der Waals surface area contributed by atoms with E-state index in [1.165, 1.54) is 13.8 Å². The molecule has 3 rings (SSSR count). The minimum atomic E-state index is -0.917. The zero-order valence-corrected chi connectivity index (χ0v) is 14.3. The van der Waals surface area contributed by atoms with Crippen molar-refractivity contribution in [2.75, 3.05) is 19.6 Å². The highest BCUT2D eigenvalue weighted by Crippen LogP contribution is 2.41. The quantitative estimate of drug-likeness (QED) is 0.590. The van der Waals surface area contributed by atoms with Gasteiger partial charge in [-0.1, -0.05) is 0 Å². The van der Waals surface area contributed by atoms with Crippen molar-refractivity contribution < 1.29 is 24.2 Å². The van der Waals surface area contributed by atoms with E-state index in [9.17, 15) is 19.8 Å². The van der Waals surface area contributed by atoms with Crippen LogP contribution in [-0.4, -0.2) is 79.5 Å². The standard InChI is InChI=1S/C15H23N5O5/c1-9(21)12(13-18-16-8-25-13)17-11(23)6-19-7-15(14(19)24)4-3-5-20(15)10(2)22/h8-9,12,14,21,24H,3-7H2,1-2H3,(H,17,23). The molecule has 1 spiro atoms. The van der Waals surface area contributed by atoms with Crippen LogP contribution in [0, 0.1) is 0 Å². The third-order valence-electron chi connectivity index (χ3n) is 5.00. The number of aliphatic hydroxyl groups excluding tert-OH is 2. The van der Waals surface area contributed by atoms with E-state index in [0.717, 1.165) is 19.2 Å². The zero-order chi connectivity index (χ0) is 18.2. The average Bonchev–Trinajstić information content (AvgIpc) is 3.22. The van der Waals surface area contributed by atoms with Gasteiger partial charge in [-0.3, -0.25) is 14.5 Å². The summed E-state index contributed by atoms with van der Waals surface area (Å²) in [5.41, 5.74) is -0.581. The molecular formula is C15H23N5O5. The lowest BCUT2D eigenvalue weighted by molar-refractivity contribution is -0.199. The van der Waals surface area contributed by atoms with Crippen LogP contribution in [-0.2, 0) is 9.59 Å². The Morgan fingerprint density at radius 3 is 2.88 bits per heavy atom. The second-order valence-electron chi connectivity index (χ2n) is 6.72. The van der Waals surface area contributed by atoms with E-state index in [-0.39, 0.29) is 24.2 Å². The van der Waals surface area contributed by atoms with Crippen molar-refractivity contribution in [1.82, 2.24) is 25.3 Å². The number of hydrogen-bond acceptors (Lipinski definition) is 8. The molecule has 3 heterocycles. The number of carbonyl (C=O) groups is 2. The van der Waals surface area contributed by atoms with E-state index >= 15 is 0 Å². The number of aliphatic hydroxyl groups is 2. The van der Waals surface area contributed by atoms with Gasteiger partial charge in [-0.15, -0.1) is 10.2 Å². The van der Waals surface area contributed by atoms with Crippen LogP contribution in [0.4, 0.5) is 0 Å². The number of rotatable bonds is 5. The van der Waals surface area contributed by atoms with Crippen LogP contribution in [0.25, 0.3) is 0 Å². The molecular weight excluding hydrogens is 330 g/mol. The molecule has 0 radical (unpaired) electrons. The molecule has 1 aromatic rings. The lowest BCUT2D eigenvalue weighted by Gasteiger charge is -2.56. The number of aromatic nitrogens is 2. The van der Waals surface area contributed by atoms with E-state index in [1.807, 2.05) is 0 Å². The maximum absolute atomic E-state index is 12.3. The highest BCUT2D eigenvalue weighted by atomic mass is 16.4. The summed E-state index contributed by atoms with van der Waals surface area (Å²) in [5.74, 6) is -0.334. The number of likely N-dealkylation sites (tertiary alicyclic amines) is 2. The Labute approximate surface area is 144 Å². The molecule has 4 atom stereocenters. The summed E-state index contributed by atoms with van der Waals surface area (Å²) in [6.07, 6.45) is 0.899. The number of amides is 2. The Morgan fingerprint density at radius 2 is 2.32 bits per heavy atom. The van der Waals surface area contributed by atoms with Crippen LogP contribution >= 0.6 is 0 Å². The molecule has 2 saturated heterocycles. The maximum atomic E-state index is 12.3. The highest BCUT2D eigenvalue weighted by molar-refractivity contribution is 5.79. The molecule has 2 aliphatic rings. The highest BCUT2D eigenvalue weighted by Gasteiger charge is 2.58. The van der Waals surface area contributed by atoms with Gasteiger partial charge in [0.15, 0.2) is 0 Å². The van der Waals surface area contributed by atoms with E-state index in [0.29, 0.717) is 13.1 Å². The average molecular weight is 353 g/mol. The van der Waals surface area contributed by atoms with Crippen molar-refractivity contribution in [2.45, 2.75) is 50.6 Å². The predicted molar refractivity (Wildman–Crippen MR) is 83.8 cm³/mol. The largest absolute Gasteiger partial charge is 0.426 e. The fourth-order valence-electron chi connectivity index (χ4n) is 3.80. The molecule has 138 valence electrons. The second-order valence-corrected chi connectivity index (χ2v) is 6.72. The van der Waals surface area contributed by atoms with Crippen LogP contribution in [0.5, 0.6) is 0 Å². The van der Waals surface area contributed by atoms with Gasteiger partial charge in [0.05, 0.1) is 18.2 Å². The van der Waals surface area contributed by atoms with E-state index in [1.54, 1.807) is 9.80 Å². The summed E-state index contributed by atoms with van der Waals surface area (Å²) < 4.78 is 5.04. The van der Waals surface area contributed by atoms with Gasteiger partial charge in [0, 0.05) is 20.0 Å². The van der Waals surface area contributed by atoms with Gasteiger partial charge < -0.3 is 24.8 Å². The smallest absolute Gasteiger partial charge is 0.241 e. The van der Waals surface area contributed by atoms with Gasteiger partial charge in [0.1, 0.15) is 12.3 Å². The Hall–Kier alpha value is -2.04. The molecule has 0 aliphatic carbocycles. The molecule has 25 heavy (non-hydrogen) atoms. The SMILES string of the molecule is CC(=O)N1CCCC12CN(CC(=O)NC(c1nnco1)C(C)O)C2O. The Morgan fingerprint density at radius 1 is 1.56 bits per heavy atom. The summed E-state index contributed by atoms with van der Waals surface area (Å²) in [6.45, 7) is 4.03. The first-order valence-corrected chi connectivity index (χ1v) is 8.29. The predicted octanol–water partition coefficient (Wildman–Crippen LogP) is -1.38. The molecule has 10 nitrogen and oxygen atoms in total. The molecule has 0 bridgehead atoms. The first kappa shape index (κ1) is 17.8. The number of nitrogens with zero attached hydrogens (tertiary/aromatic N) is 4. The van der Waals surface area contributed by atoms with Crippen molar-refractivity contribution >= 4 is 11.8 Å². The van der Waals surface area contributed by atoms with Crippen LogP contribution in [0.15, 0.2) is 10.8 Å². The summed E-state index contributed by atoms with van der Waals surface area (Å²) in [7, 11) is 0. The van der Waals surface area contributed by atoms with E-state index < -0.39 is 23.9 Å². The first-order chi connectivity index (χ1) is 11.8. The van der Waals surface area contributed by atoms with Crippen LogP contribution in [0.2, 0.25) is 0 Å². The molecule has 4 unspecified atom stereocenters. The summed E-state index contributed by atoms with van der Waals surface area (Å²) in [6, 6.07) is -0.817. The summed E-state index contributed by atoms with van der Waals surface area (Å²) in [4.78, 5) is 27.3. The van der Waals surface area contributed by atoms with Gasteiger partial charge in [0.2, 0.25) is 24.1 Å². The van der Waals surface area contributed by atoms with Crippen molar-refractivity contribution in [1.29, 1.82) is 0 Å². The topological polar surface area (TPSA) is 132 Å². The summed E-state index contributed by atoms with van der Waals surface area (Å²) >= 11 is 0.